The number of hydrogen-bond donors (Lipinski definition) is 1. The maximum atomic E-state index is 12.2. The lowest BCUT2D eigenvalue weighted by atomic mass is 10.2. The number of benzene rings is 1. The predicted octanol–water partition coefficient (Wildman–Crippen LogP) is 2.71. The Labute approximate surface area is 138 Å². The van der Waals surface area contributed by atoms with Crippen molar-refractivity contribution >= 4 is 12.1 Å². The van der Waals surface area contributed by atoms with Crippen LogP contribution in [0.4, 0.5) is 8.78 Å². The van der Waals surface area contributed by atoms with Crippen molar-refractivity contribution < 1.29 is 27.9 Å². The smallest absolute Gasteiger partial charge is 0.387 e. The van der Waals surface area contributed by atoms with Gasteiger partial charge in [0.15, 0.2) is 18.1 Å². The fourth-order valence-electron chi connectivity index (χ4n) is 2.49. The summed E-state index contributed by atoms with van der Waals surface area (Å²) < 4.78 is 33.8. The van der Waals surface area contributed by atoms with Crippen molar-refractivity contribution in [2.24, 2.45) is 5.16 Å². The summed E-state index contributed by atoms with van der Waals surface area (Å²) in [6.45, 7) is -3.10. The molecule has 0 bridgehead atoms. The lowest BCUT2D eigenvalue weighted by Gasteiger charge is -2.11. The van der Waals surface area contributed by atoms with Gasteiger partial charge in [-0.3, -0.25) is 4.79 Å². The molecule has 0 radical (unpaired) electrons. The first-order valence-electron chi connectivity index (χ1n) is 7.66. The number of nitrogens with zero attached hydrogens (tertiary/aromatic N) is 1. The van der Waals surface area contributed by atoms with E-state index in [1.807, 2.05) is 0 Å². The molecule has 1 aromatic carbocycles. The van der Waals surface area contributed by atoms with Gasteiger partial charge in [0.1, 0.15) is 0 Å². The molecule has 0 heterocycles. The van der Waals surface area contributed by atoms with Crippen LogP contribution in [0.5, 0.6) is 11.5 Å². The average Bonchev–Trinajstić information content (AvgIpc) is 3.05. The zero-order valence-electron chi connectivity index (χ0n) is 13.3. The van der Waals surface area contributed by atoms with Gasteiger partial charge in [-0.1, -0.05) is 18.0 Å². The molecule has 132 valence electrons. The molecule has 1 aliphatic carbocycles. The molecule has 0 saturated heterocycles. The van der Waals surface area contributed by atoms with Gasteiger partial charge in [-0.05, 0) is 31.0 Å². The van der Waals surface area contributed by atoms with E-state index in [1.54, 1.807) is 0 Å². The summed E-state index contributed by atoms with van der Waals surface area (Å²) in [5.74, 6) is -0.128. The molecule has 2 rings (SSSR count). The quantitative estimate of drug-likeness (QED) is 0.583. The van der Waals surface area contributed by atoms with E-state index in [2.05, 4.69) is 15.2 Å². The van der Waals surface area contributed by atoms with Crippen molar-refractivity contribution in [3.63, 3.8) is 0 Å². The Balaban J connectivity index is 1.81. The van der Waals surface area contributed by atoms with Gasteiger partial charge >= 0.3 is 6.61 Å². The third kappa shape index (κ3) is 5.68. The van der Waals surface area contributed by atoms with Crippen LogP contribution in [-0.2, 0) is 9.63 Å². The highest BCUT2D eigenvalue weighted by Crippen LogP contribution is 2.28. The molecule has 1 saturated carbocycles. The number of oxime groups is 1. The van der Waals surface area contributed by atoms with E-state index in [9.17, 15) is 13.6 Å². The lowest BCUT2D eigenvalue weighted by Crippen LogP contribution is -2.34. The Morgan fingerprint density at radius 2 is 2.12 bits per heavy atom. The van der Waals surface area contributed by atoms with Crippen molar-refractivity contribution in [2.45, 2.75) is 38.3 Å². The van der Waals surface area contributed by atoms with Gasteiger partial charge in [0, 0.05) is 11.6 Å². The first-order chi connectivity index (χ1) is 11.6. The number of rotatable bonds is 8. The van der Waals surface area contributed by atoms with Gasteiger partial charge in [-0.25, -0.2) is 0 Å². The van der Waals surface area contributed by atoms with Gasteiger partial charge in [0.25, 0.3) is 5.91 Å². The minimum absolute atomic E-state index is 0.0680. The monoisotopic (exact) mass is 342 g/mol. The summed E-state index contributed by atoms with van der Waals surface area (Å²) in [6.07, 6.45) is 5.63. The second-order valence-electron chi connectivity index (χ2n) is 5.35. The van der Waals surface area contributed by atoms with Crippen LogP contribution in [0.1, 0.15) is 31.2 Å². The van der Waals surface area contributed by atoms with Gasteiger partial charge in [-0.2, -0.15) is 8.78 Å². The first-order valence-corrected chi connectivity index (χ1v) is 7.66. The van der Waals surface area contributed by atoms with Crippen LogP contribution in [0.25, 0.3) is 0 Å². The summed E-state index contributed by atoms with van der Waals surface area (Å²) in [4.78, 5) is 16.6. The van der Waals surface area contributed by atoms with E-state index >= 15 is 0 Å². The van der Waals surface area contributed by atoms with Crippen molar-refractivity contribution in [2.75, 3.05) is 13.7 Å². The molecule has 0 unspecified atom stereocenters. The third-order valence-electron chi connectivity index (χ3n) is 3.60. The fraction of sp³-hybridized carbons (Fsp3) is 0.500. The Kier molecular flexibility index (Phi) is 6.77. The molecule has 1 amide bonds. The van der Waals surface area contributed by atoms with Gasteiger partial charge in [-0.15, -0.1) is 0 Å². The Morgan fingerprint density at radius 1 is 1.38 bits per heavy atom. The Hall–Kier alpha value is -2.38. The largest absolute Gasteiger partial charge is 0.493 e. The van der Waals surface area contributed by atoms with Crippen molar-refractivity contribution in [1.29, 1.82) is 0 Å². The van der Waals surface area contributed by atoms with E-state index in [0.29, 0.717) is 5.56 Å². The molecule has 0 aromatic heterocycles. The van der Waals surface area contributed by atoms with Crippen molar-refractivity contribution in [3.8, 4) is 11.5 Å². The molecule has 6 nitrogen and oxygen atoms in total. The number of methoxy groups -OCH3 is 1. The highest BCUT2D eigenvalue weighted by molar-refractivity contribution is 5.81. The maximum absolute atomic E-state index is 12.2. The van der Waals surface area contributed by atoms with Crippen molar-refractivity contribution in [1.82, 2.24) is 5.32 Å². The van der Waals surface area contributed by atoms with E-state index in [4.69, 9.17) is 9.57 Å². The van der Waals surface area contributed by atoms with Crippen molar-refractivity contribution in [3.05, 3.63) is 23.8 Å². The summed E-state index contributed by atoms with van der Waals surface area (Å²) in [5.41, 5.74) is 0.560. The fourth-order valence-corrected chi connectivity index (χ4v) is 2.49. The Morgan fingerprint density at radius 3 is 2.79 bits per heavy atom. The summed E-state index contributed by atoms with van der Waals surface area (Å²) in [5, 5.41) is 6.57. The number of carbonyl (C=O) groups excluding carboxylic acids is 1. The number of halogens is 2. The number of amides is 1. The van der Waals surface area contributed by atoms with Gasteiger partial charge in [0.05, 0.1) is 13.3 Å². The molecule has 0 spiro atoms. The normalized spacial score (nSPS) is 15.0. The average molecular weight is 342 g/mol. The number of carbonyl (C=O) groups is 1. The molecule has 24 heavy (non-hydrogen) atoms. The van der Waals surface area contributed by atoms with E-state index in [1.165, 1.54) is 31.5 Å². The van der Waals surface area contributed by atoms with Crippen LogP contribution in [0.2, 0.25) is 0 Å². The molecule has 1 aromatic rings. The van der Waals surface area contributed by atoms with Crippen LogP contribution >= 0.6 is 0 Å². The predicted molar refractivity (Wildman–Crippen MR) is 83.6 cm³/mol. The summed E-state index contributed by atoms with van der Waals surface area (Å²) >= 11 is 0. The molecule has 1 fully saturated rings. The molecule has 1 N–H and O–H groups in total. The van der Waals surface area contributed by atoms with E-state index in [-0.39, 0.29) is 30.1 Å². The number of nitrogens with one attached hydrogen (secondary N) is 1. The lowest BCUT2D eigenvalue weighted by molar-refractivity contribution is -0.126. The highest BCUT2D eigenvalue weighted by Gasteiger charge is 2.17. The van der Waals surface area contributed by atoms with Gasteiger partial charge < -0.3 is 19.6 Å². The van der Waals surface area contributed by atoms with Crippen LogP contribution in [0.15, 0.2) is 23.4 Å². The van der Waals surface area contributed by atoms with Crippen LogP contribution in [-0.4, -0.2) is 38.5 Å². The zero-order valence-corrected chi connectivity index (χ0v) is 13.3. The molecule has 1 aliphatic rings. The van der Waals surface area contributed by atoms with Crippen LogP contribution in [0.3, 0.4) is 0 Å². The third-order valence-corrected chi connectivity index (χ3v) is 3.60. The second-order valence-corrected chi connectivity index (χ2v) is 5.35. The molecular formula is C16H20F2N2O4. The molecule has 0 aliphatic heterocycles. The maximum Gasteiger partial charge on any atom is 0.387 e. The number of hydrogen-bond acceptors (Lipinski definition) is 5. The summed E-state index contributed by atoms with van der Waals surface area (Å²) in [6, 6.07) is 4.57. The Bertz CT molecular complexity index is 575. The number of alkyl halides is 2. The SMILES string of the molecule is COc1cc(/C=N/OCC(=O)NC2CCCC2)ccc1OC(F)F. The van der Waals surface area contributed by atoms with E-state index in [0.717, 1.165) is 25.7 Å². The second kappa shape index (κ2) is 9.05. The minimum atomic E-state index is -2.93. The standard InChI is InChI=1S/C16H20F2N2O4/c1-22-14-8-11(6-7-13(14)24-16(17)18)9-19-23-10-15(21)20-12-4-2-3-5-12/h6-9,12,16H,2-5,10H2,1H3,(H,20,21)/b19-9+. The molecule has 8 heteroatoms. The molecule has 0 atom stereocenters. The number of ether oxygens (including phenoxy) is 2. The first kappa shape index (κ1) is 18.0. The topological polar surface area (TPSA) is 69.2 Å². The van der Waals surface area contributed by atoms with Gasteiger partial charge in [0.2, 0.25) is 0 Å². The van der Waals surface area contributed by atoms with Crippen LogP contribution < -0.4 is 14.8 Å². The molecular weight excluding hydrogens is 322 g/mol. The highest BCUT2D eigenvalue weighted by atomic mass is 19.3. The zero-order chi connectivity index (χ0) is 17.4. The van der Waals surface area contributed by atoms with E-state index < -0.39 is 6.61 Å². The minimum Gasteiger partial charge on any atom is -0.493 e. The summed E-state index contributed by atoms with van der Waals surface area (Å²) in [7, 11) is 1.35. The van der Waals surface area contributed by atoms with Crippen LogP contribution in [0, 0.1) is 0 Å².